The number of nitrogens with one attached hydrogen (secondary N) is 2. The van der Waals surface area contributed by atoms with E-state index in [4.69, 9.17) is 0 Å². The minimum atomic E-state index is -4.49. The van der Waals surface area contributed by atoms with E-state index in [1.54, 1.807) is 36.8 Å². The molecule has 0 amide bonds. The van der Waals surface area contributed by atoms with Gasteiger partial charge in [0.1, 0.15) is 5.69 Å². The molecule has 3 aromatic rings. The lowest BCUT2D eigenvalue weighted by molar-refractivity contribution is -0.140. The van der Waals surface area contributed by atoms with E-state index in [1.165, 1.54) is 0 Å². The zero-order chi connectivity index (χ0) is 15.6. The van der Waals surface area contributed by atoms with Gasteiger partial charge in [-0.25, -0.2) is 4.98 Å². The average Bonchev–Trinajstić information content (AvgIpc) is 3.14. The Hall–Kier alpha value is -2.90. The molecule has 0 bridgehead atoms. The van der Waals surface area contributed by atoms with Crippen LogP contribution in [-0.4, -0.2) is 25.1 Å². The molecule has 0 radical (unpaired) electrons. The Bertz CT molecular complexity index is 786. The molecule has 0 atom stereocenters. The molecular formula is C14H10F3N5. The van der Waals surface area contributed by atoms with Crippen LogP contribution in [0.5, 0.6) is 0 Å². The van der Waals surface area contributed by atoms with Crippen molar-refractivity contribution in [2.24, 2.45) is 0 Å². The van der Waals surface area contributed by atoms with Crippen LogP contribution in [0.4, 0.5) is 13.2 Å². The quantitative estimate of drug-likeness (QED) is 0.779. The molecule has 0 unspecified atom stereocenters. The van der Waals surface area contributed by atoms with Crippen LogP contribution in [0.25, 0.3) is 23.7 Å². The van der Waals surface area contributed by atoms with Crippen molar-refractivity contribution in [1.82, 2.24) is 25.1 Å². The van der Waals surface area contributed by atoms with Crippen LogP contribution in [0.3, 0.4) is 0 Å². The molecule has 112 valence electrons. The molecule has 22 heavy (non-hydrogen) atoms. The van der Waals surface area contributed by atoms with E-state index < -0.39 is 11.9 Å². The summed E-state index contributed by atoms with van der Waals surface area (Å²) in [6.07, 6.45) is 4.75. The maximum atomic E-state index is 12.6. The number of halogens is 3. The Labute approximate surface area is 122 Å². The molecule has 0 aromatic carbocycles. The highest BCUT2D eigenvalue weighted by molar-refractivity contribution is 5.76. The molecule has 0 saturated heterocycles. The summed E-state index contributed by atoms with van der Waals surface area (Å²) < 4.78 is 37.7. The maximum absolute atomic E-state index is 12.6. The summed E-state index contributed by atoms with van der Waals surface area (Å²) in [6, 6.07) is 3.65. The van der Waals surface area contributed by atoms with Gasteiger partial charge in [-0.2, -0.15) is 18.3 Å². The Morgan fingerprint density at radius 2 is 2.00 bits per heavy atom. The summed E-state index contributed by atoms with van der Waals surface area (Å²) in [5.41, 5.74) is 0.820. The summed E-state index contributed by atoms with van der Waals surface area (Å²) in [4.78, 5) is 10.0. The summed E-state index contributed by atoms with van der Waals surface area (Å²) in [6.45, 7) is 0. The second-order valence-electron chi connectivity index (χ2n) is 4.44. The van der Waals surface area contributed by atoms with E-state index in [2.05, 4.69) is 25.1 Å². The molecule has 0 spiro atoms. The van der Waals surface area contributed by atoms with Gasteiger partial charge in [-0.15, -0.1) is 0 Å². The molecule has 3 heterocycles. The predicted octanol–water partition coefficient (Wildman–Crippen LogP) is 3.38. The van der Waals surface area contributed by atoms with Gasteiger partial charge >= 0.3 is 6.18 Å². The van der Waals surface area contributed by atoms with Crippen molar-refractivity contribution < 1.29 is 13.2 Å². The number of hydrogen-bond acceptors (Lipinski definition) is 3. The minimum absolute atomic E-state index is 0.0550. The first-order valence-electron chi connectivity index (χ1n) is 6.29. The number of hydrogen-bond donors (Lipinski definition) is 2. The number of aromatic nitrogens is 5. The van der Waals surface area contributed by atoms with Gasteiger partial charge in [0, 0.05) is 30.4 Å². The lowest BCUT2D eigenvalue weighted by Crippen LogP contribution is -2.04. The van der Waals surface area contributed by atoms with Gasteiger partial charge in [-0.1, -0.05) is 18.2 Å². The topological polar surface area (TPSA) is 70.2 Å². The van der Waals surface area contributed by atoms with Crippen LogP contribution >= 0.6 is 0 Å². The lowest BCUT2D eigenvalue weighted by atomic mass is 10.2. The first kappa shape index (κ1) is 14.1. The minimum Gasteiger partial charge on any atom is -0.343 e. The van der Waals surface area contributed by atoms with E-state index >= 15 is 0 Å². The van der Waals surface area contributed by atoms with Crippen molar-refractivity contribution in [3.05, 3.63) is 53.7 Å². The third kappa shape index (κ3) is 2.90. The molecule has 0 aliphatic carbocycles. The molecular weight excluding hydrogens is 295 g/mol. The van der Waals surface area contributed by atoms with Gasteiger partial charge in [-0.05, 0) is 11.6 Å². The molecule has 2 N–H and O–H groups in total. The van der Waals surface area contributed by atoms with E-state index in [0.717, 1.165) is 11.8 Å². The molecule has 5 nitrogen and oxygen atoms in total. The van der Waals surface area contributed by atoms with Crippen LogP contribution < -0.4 is 0 Å². The van der Waals surface area contributed by atoms with Crippen molar-refractivity contribution in [2.45, 2.75) is 6.18 Å². The van der Waals surface area contributed by atoms with E-state index in [9.17, 15) is 13.2 Å². The van der Waals surface area contributed by atoms with Crippen molar-refractivity contribution >= 4 is 12.2 Å². The zero-order valence-electron chi connectivity index (χ0n) is 11.1. The third-order valence-electron chi connectivity index (χ3n) is 2.90. The van der Waals surface area contributed by atoms with Crippen LogP contribution in [0.15, 0.2) is 36.9 Å². The standard InChI is InChI=1S/C14H10F3N5/c15-14(16,17)11-8-19-13(21-11)12-10(7-20-22-12)4-3-9-2-1-5-18-6-9/h1-8H,(H,19,21)(H,20,22)/b4-3+. The van der Waals surface area contributed by atoms with E-state index in [0.29, 0.717) is 11.3 Å². The third-order valence-corrected chi connectivity index (χ3v) is 2.90. The first-order valence-corrected chi connectivity index (χ1v) is 6.29. The number of aromatic amines is 2. The van der Waals surface area contributed by atoms with Crippen LogP contribution in [0.1, 0.15) is 16.8 Å². The summed E-state index contributed by atoms with van der Waals surface area (Å²) in [5.74, 6) is 0.0550. The monoisotopic (exact) mass is 305 g/mol. The van der Waals surface area contributed by atoms with Crippen LogP contribution in [0, 0.1) is 0 Å². The van der Waals surface area contributed by atoms with Crippen molar-refractivity contribution in [3.8, 4) is 11.5 Å². The molecule has 0 saturated carbocycles. The number of nitrogens with zero attached hydrogens (tertiary/aromatic N) is 3. The molecule has 0 fully saturated rings. The molecule has 3 aromatic heterocycles. The van der Waals surface area contributed by atoms with Crippen molar-refractivity contribution in [3.63, 3.8) is 0 Å². The molecule has 0 aliphatic rings. The maximum Gasteiger partial charge on any atom is 0.434 e. The fourth-order valence-corrected chi connectivity index (χ4v) is 1.86. The Morgan fingerprint density at radius 1 is 1.14 bits per heavy atom. The Balaban J connectivity index is 1.89. The van der Waals surface area contributed by atoms with Gasteiger partial charge in [-0.3, -0.25) is 10.1 Å². The Kier molecular flexibility index (Phi) is 3.50. The number of rotatable bonds is 3. The van der Waals surface area contributed by atoms with Gasteiger partial charge in [0.05, 0.1) is 0 Å². The smallest absolute Gasteiger partial charge is 0.343 e. The highest BCUT2D eigenvalue weighted by Gasteiger charge is 2.34. The number of alkyl halides is 3. The lowest BCUT2D eigenvalue weighted by Gasteiger charge is -1.99. The van der Waals surface area contributed by atoms with Crippen LogP contribution in [0.2, 0.25) is 0 Å². The number of pyridine rings is 1. The van der Waals surface area contributed by atoms with E-state index in [-0.39, 0.29) is 5.82 Å². The number of H-pyrrole nitrogens is 2. The summed E-state index contributed by atoms with van der Waals surface area (Å²) >= 11 is 0. The summed E-state index contributed by atoms with van der Waals surface area (Å²) in [7, 11) is 0. The second-order valence-corrected chi connectivity index (χ2v) is 4.44. The second kappa shape index (κ2) is 5.47. The van der Waals surface area contributed by atoms with Gasteiger partial charge in [0.2, 0.25) is 0 Å². The number of imidazole rings is 1. The highest BCUT2D eigenvalue weighted by atomic mass is 19.4. The summed E-state index contributed by atoms with van der Waals surface area (Å²) in [5, 5.41) is 6.56. The van der Waals surface area contributed by atoms with Crippen LogP contribution in [-0.2, 0) is 6.18 Å². The molecule has 3 rings (SSSR count). The first-order chi connectivity index (χ1) is 10.5. The van der Waals surface area contributed by atoms with Crippen molar-refractivity contribution in [1.29, 1.82) is 0 Å². The normalized spacial score (nSPS) is 12.1. The fourth-order valence-electron chi connectivity index (χ4n) is 1.86. The van der Waals surface area contributed by atoms with Gasteiger partial charge in [0.15, 0.2) is 11.5 Å². The van der Waals surface area contributed by atoms with Crippen molar-refractivity contribution in [2.75, 3.05) is 0 Å². The highest BCUT2D eigenvalue weighted by Crippen LogP contribution is 2.29. The SMILES string of the molecule is FC(F)(F)c1c[nH]c(-c2n[nH]cc2/C=C/c2cccnc2)n1. The van der Waals surface area contributed by atoms with E-state index in [1.807, 2.05) is 6.07 Å². The zero-order valence-corrected chi connectivity index (χ0v) is 11.1. The fraction of sp³-hybridized carbons (Fsp3) is 0.0714. The molecule has 0 aliphatic heterocycles. The average molecular weight is 305 g/mol. The molecule has 8 heteroatoms. The van der Waals surface area contributed by atoms with Gasteiger partial charge < -0.3 is 4.98 Å². The Morgan fingerprint density at radius 3 is 2.68 bits per heavy atom. The predicted molar refractivity (Wildman–Crippen MR) is 74.3 cm³/mol. The van der Waals surface area contributed by atoms with Gasteiger partial charge in [0.25, 0.3) is 0 Å². The largest absolute Gasteiger partial charge is 0.434 e.